The molecule has 0 fully saturated rings. The van der Waals surface area contributed by atoms with Crippen molar-refractivity contribution >= 4 is 45.2 Å². The van der Waals surface area contributed by atoms with E-state index in [9.17, 15) is 4.79 Å². The fourth-order valence-electron chi connectivity index (χ4n) is 3.00. The first-order valence-corrected chi connectivity index (χ1v) is 10.7. The van der Waals surface area contributed by atoms with E-state index in [2.05, 4.69) is 25.9 Å². The Hall–Kier alpha value is -3.37. The summed E-state index contributed by atoms with van der Waals surface area (Å²) in [5.41, 5.74) is 3.66. The molecule has 0 atom stereocenters. The average molecular weight is 453 g/mol. The molecular formula is C21H20N6O2S2. The highest BCUT2D eigenvalue weighted by atomic mass is 32.1. The van der Waals surface area contributed by atoms with Gasteiger partial charge in [0.25, 0.3) is 5.91 Å². The van der Waals surface area contributed by atoms with Crippen LogP contribution in [0, 0.1) is 20.8 Å². The lowest BCUT2D eigenvalue weighted by atomic mass is 10.1. The van der Waals surface area contributed by atoms with E-state index in [0.29, 0.717) is 5.75 Å². The molecule has 0 aliphatic rings. The summed E-state index contributed by atoms with van der Waals surface area (Å²) in [6, 6.07) is 13.3. The minimum Gasteiger partial charge on any atom is -0.483 e. The molecule has 2 heterocycles. The van der Waals surface area contributed by atoms with Crippen molar-refractivity contribution in [2.45, 2.75) is 20.8 Å². The molecule has 10 heteroatoms. The molecule has 158 valence electrons. The van der Waals surface area contributed by atoms with Crippen LogP contribution in [-0.4, -0.2) is 37.4 Å². The number of nitrogens with zero attached hydrogens (tertiary/aromatic N) is 4. The Labute approximate surface area is 188 Å². The van der Waals surface area contributed by atoms with Gasteiger partial charge < -0.3 is 10.1 Å². The Bertz CT molecular complexity index is 1280. The van der Waals surface area contributed by atoms with Gasteiger partial charge in [0, 0.05) is 11.3 Å². The molecule has 0 aliphatic carbocycles. The average Bonchev–Trinajstić information content (AvgIpc) is 3.31. The number of anilines is 1. The third kappa shape index (κ3) is 4.54. The number of carbonyl (C=O) groups is 1. The number of benzene rings is 2. The minimum absolute atomic E-state index is 0.127. The second-order valence-corrected chi connectivity index (χ2v) is 8.25. The van der Waals surface area contributed by atoms with E-state index in [4.69, 9.17) is 17.0 Å². The molecule has 31 heavy (non-hydrogen) atoms. The fourth-order valence-corrected chi connectivity index (χ4v) is 4.20. The molecule has 0 unspecified atom stereocenters. The molecule has 2 N–H and O–H groups in total. The van der Waals surface area contributed by atoms with Crippen LogP contribution in [0.4, 0.5) is 5.69 Å². The summed E-state index contributed by atoms with van der Waals surface area (Å²) in [6.45, 7) is 5.63. The van der Waals surface area contributed by atoms with Crippen molar-refractivity contribution in [2.24, 2.45) is 0 Å². The predicted octanol–water partition coefficient (Wildman–Crippen LogP) is 3.67. The highest BCUT2D eigenvalue weighted by Gasteiger charge is 2.15. The van der Waals surface area contributed by atoms with Gasteiger partial charge in [0.2, 0.25) is 4.96 Å². The molecule has 2 aromatic heterocycles. The van der Waals surface area contributed by atoms with Crippen molar-refractivity contribution in [3.63, 3.8) is 0 Å². The number of nitrogens with one attached hydrogen (secondary N) is 2. The van der Waals surface area contributed by atoms with Crippen LogP contribution in [0.25, 0.3) is 15.5 Å². The summed E-state index contributed by atoms with van der Waals surface area (Å²) < 4.78 is 7.28. The number of ether oxygens (including phenoxy) is 1. The lowest BCUT2D eigenvalue weighted by Crippen LogP contribution is -2.37. The number of carbonyl (C=O) groups excluding carboxylic acids is 1. The highest BCUT2D eigenvalue weighted by Crippen LogP contribution is 2.31. The number of para-hydroxylation sites is 1. The molecule has 0 spiro atoms. The lowest BCUT2D eigenvalue weighted by Gasteiger charge is -2.14. The van der Waals surface area contributed by atoms with Crippen LogP contribution in [0.5, 0.6) is 5.75 Å². The molecule has 2 aromatic carbocycles. The molecule has 4 aromatic rings. The van der Waals surface area contributed by atoms with Crippen molar-refractivity contribution in [1.82, 2.24) is 25.1 Å². The number of amides is 1. The summed E-state index contributed by atoms with van der Waals surface area (Å²) in [6.07, 6.45) is 0. The van der Waals surface area contributed by atoms with Crippen LogP contribution in [0.1, 0.15) is 17.0 Å². The van der Waals surface area contributed by atoms with E-state index in [0.717, 1.165) is 38.2 Å². The molecular weight excluding hydrogens is 432 g/mol. The second kappa shape index (κ2) is 8.78. The zero-order valence-electron chi connectivity index (χ0n) is 17.2. The fraction of sp³-hybridized carbons (Fsp3) is 0.190. The molecule has 0 saturated carbocycles. The maximum absolute atomic E-state index is 12.2. The first-order valence-electron chi connectivity index (χ1n) is 9.50. The topological polar surface area (TPSA) is 93.4 Å². The largest absolute Gasteiger partial charge is 0.483 e. The number of aryl methyl sites for hydroxylation is 2. The van der Waals surface area contributed by atoms with Gasteiger partial charge in [-0.3, -0.25) is 10.1 Å². The van der Waals surface area contributed by atoms with Gasteiger partial charge in [0.15, 0.2) is 17.5 Å². The SMILES string of the molecule is Cc1ccccc1OCC(=O)NC(=S)Nc1cccc(-c2nn3c(C)nnc3s2)c1C. The zero-order chi connectivity index (χ0) is 22.0. The Kier molecular flexibility index (Phi) is 5.92. The van der Waals surface area contributed by atoms with Gasteiger partial charge in [0.05, 0.1) is 0 Å². The molecule has 0 saturated heterocycles. The van der Waals surface area contributed by atoms with Crippen LogP contribution >= 0.6 is 23.6 Å². The third-order valence-electron chi connectivity index (χ3n) is 4.66. The van der Waals surface area contributed by atoms with E-state index >= 15 is 0 Å². The monoisotopic (exact) mass is 452 g/mol. The highest BCUT2D eigenvalue weighted by molar-refractivity contribution is 7.80. The Morgan fingerprint density at radius 1 is 1.13 bits per heavy atom. The molecule has 4 rings (SSSR count). The Morgan fingerprint density at radius 2 is 1.94 bits per heavy atom. The Morgan fingerprint density at radius 3 is 2.71 bits per heavy atom. The maximum Gasteiger partial charge on any atom is 0.264 e. The van der Waals surface area contributed by atoms with Crippen LogP contribution < -0.4 is 15.4 Å². The number of hydrogen-bond donors (Lipinski definition) is 2. The van der Waals surface area contributed by atoms with Gasteiger partial charge >= 0.3 is 0 Å². The first kappa shape index (κ1) is 20.9. The summed E-state index contributed by atoms with van der Waals surface area (Å²) in [5.74, 6) is 1.07. The second-order valence-electron chi connectivity index (χ2n) is 6.88. The van der Waals surface area contributed by atoms with Gasteiger partial charge in [-0.2, -0.15) is 9.61 Å². The smallest absolute Gasteiger partial charge is 0.264 e. The Balaban J connectivity index is 1.42. The van der Waals surface area contributed by atoms with Gasteiger partial charge in [0.1, 0.15) is 10.8 Å². The molecule has 1 amide bonds. The van der Waals surface area contributed by atoms with Gasteiger partial charge in [-0.1, -0.05) is 41.7 Å². The normalized spacial score (nSPS) is 10.8. The number of fused-ring (bicyclic) bond motifs is 1. The van der Waals surface area contributed by atoms with E-state index in [-0.39, 0.29) is 17.6 Å². The standard InChI is InChI=1S/C21H20N6O2S2/c1-12-7-4-5-10-17(12)29-11-18(28)23-20(30)22-16-9-6-8-15(13(16)2)19-26-27-14(3)24-25-21(27)31-19/h4-10H,11H2,1-3H3,(H2,22,23,28,30). The minimum atomic E-state index is -0.335. The van der Waals surface area contributed by atoms with Gasteiger partial charge in [-0.15, -0.1) is 10.2 Å². The quantitative estimate of drug-likeness (QED) is 0.446. The van der Waals surface area contributed by atoms with Crippen LogP contribution in [-0.2, 0) is 4.79 Å². The van der Waals surface area contributed by atoms with Crippen LogP contribution in [0.2, 0.25) is 0 Å². The van der Waals surface area contributed by atoms with Crippen molar-refractivity contribution in [3.05, 3.63) is 59.4 Å². The van der Waals surface area contributed by atoms with E-state index in [1.54, 1.807) is 4.52 Å². The van der Waals surface area contributed by atoms with Crippen molar-refractivity contribution in [3.8, 4) is 16.3 Å². The van der Waals surface area contributed by atoms with E-state index < -0.39 is 0 Å². The number of hydrogen-bond acceptors (Lipinski definition) is 7. The van der Waals surface area contributed by atoms with E-state index in [1.807, 2.05) is 63.2 Å². The molecule has 8 nitrogen and oxygen atoms in total. The first-order chi connectivity index (χ1) is 14.9. The predicted molar refractivity (Wildman–Crippen MR) is 125 cm³/mol. The van der Waals surface area contributed by atoms with Gasteiger partial charge in [-0.25, -0.2) is 0 Å². The van der Waals surface area contributed by atoms with Crippen molar-refractivity contribution in [2.75, 3.05) is 11.9 Å². The van der Waals surface area contributed by atoms with Gasteiger partial charge in [-0.05, 0) is 56.2 Å². The number of thiocarbonyl (C=S) groups is 1. The van der Waals surface area contributed by atoms with Crippen LogP contribution in [0.3, 0.4) is 0 Å². The molecule has 0 bridgehead atoms. The summed E-state index contributed by atoms with van der Waals surface area (Å²) in [5, 5.41) is 19.5. The number of rotatable bonds is 5. The summed E-state index contributed by atoms with van der Waals surface area (Å²) in [4.78, 5) is 13.0. The summed E-state index contributed by atoms with van der Waals surface area (Å²) >= 11 is 6.77. The zero-order valence-corrected chi connectivity index (χ0v) is 18.8. The molecule has 0 aliphatic heterocycles. The lowest BCUT2D eigenvalue weighted by molar-refractivity contribution is -0.121. The third-order valence-corrected chi connectivity index (χ3v) is 5.80. The van der Waals surface area contributed by atoms with Crippen molar-refractivity contribution in [1.29, 1.82) is 0 Å². The maximum atomic E-state index is 12.2. The molecule has 0 radical (unpaired) electrons. The van der Waals surface area contributed by atoms with E-state index in [1.165, 1.54) is 11.3 Å². The van der Waals surface area contributed by atoms with Crippen LogP contribution in [0.15, 0.2) is 42.5 Å². The van der Waals surface area contributed by atoms with Crippen molar-refractivity contribution < 1.29 is 9.53 Å². The summed E-state index contributed by atoms with van der Waals surface area (Å²) in [7, 11) is 0. The number of aromatic nitrogens is 4.